The van der Waals surface area contributed by atoms with Crippen molar-refractivity contribution in [3.63, 3.8) is 0 Å². The van der Waals surface area contributed by atoms with Gasteiger partial charge in [0.15, 0.2) is 5.84 Å². The summed E-state index contributed by atoms with van der Waals surface area (Å²) in [6, 6.07) is 14.6. The second-order valence-corrected chi connectivity index (χ2v) is 4.14. The van der Waals surface area contributed by atoms with Crippen molar-refractivity contribution >= 4 is 17.9 Å². The van der Waals surface area contributed by atoms with Crippen LogP contribution in [0.1, 0.15) is 11.1 Å². The van der Waals surface area contributed by atoms with Gasteiger partial charge >= 0.3 is 5.97 Å². The Hall–Kier alpha value is -2.95. The molecule has 0 radical (unpaired) electrons. The quantitative estimate of drug-likeness (QED) is 0.309. The molecule has 0 aliphatic carbocycles. The Morgan fingerprint density at radius 1 is 1.10 bits per heavy atom. The minimum Gasteiger partial charge on any atom is -0.380 e. The van der Waals surface area contributed by atoms with Crippen LogP contribution in [0.4, 0.5) is 4.39 Å². The Balaban J connectivity index is 1.94. The topological polar surface area (TPSA) is 64.7 Å². The largest absolute Gasteiger partial charge is 0.380 e. The Bertz CT molecular complexity index is 664. The van der Waals surface area contributed by atoms with Gasteiger partial charge in [-0.25, -0.2) is 9.18 Å². The average Bonchev–Trinajstić information content (AvgIpc) is 2.53. The van der Waals surface area contributed by atoms with Crippen LogP contribution in [0.25, 0.3) is 6.08 Å². The highest BCUT2D eigenvalue weighted by molar-refractivity contribution is 5.97. The summed E-state index contributed by atoms with van der Waals surface area (Å²) in [5.41, 5.74) is 7.01. The van der Waals surface area contributed by atoms with Gasteiger partial charge < -0.3 is 10.6 Å². The van der Waals surface area contributed by atoms with Crippen LogP contribution in [0.2, 0.25) is 0 Å². The van der Waals surface area contributed by atoms with Crippen molar-refractivity contribution in [3.8, 4) is 0 Å². The highest BCUT2D eigenvalue weighted by Crippen LogP contribution is 2.05. The zero-order chi connectivity index (χ0) is 15.1. The van der Waals surface area contributed by atoms with E-state index in [9.17, 15) is 9.18 Å². The molecule has 2 rings (SSSR count). The maximum atomic E-state index is 12.7. The molecule has 0 aliphatic heterocycles. The van der Waals surface area contributed by atoms with E-state index in [0.717, 1.165) is 0 Å². The maximum Gasteiger partial charge on any atom is 0.358 e. The maximum absolute atomic E-state index is 12.7. The van der Waals surface area contributed by atoms with Crippen LogP contribution in [-0.4, -0.2) is 11.8 Å². The first-order valence-electron chi connectivity index (χ1n) is 6.18. The van der Waals surface area contributed by atoms with Gasteiger partial charge in [-0.05, 0) is 23.8 Å². The van der Waals surface area contributed by atoms with Gasteiger partial charge in [-0.2, -0.15) is 0 Å². The Morgan fingerprint density at radius 2 is 1.76 bits per heavy atom. The average molecular weight is 284 g/mol. The van der Waals surface area contributed by atoms with E-state index < -0.39 is 5.97 Å². The lowest BCUT2D eigenvalue weighted by Crippen LogP contribution is -2.14. The molecule has 0 aromatic heterocycles. The van der Waals surface area contributed by atoms with Crippen molar-refractivity contribution in [2.24, 2.45) is 10.9 Å². The highest BCUT2D eigenvalue weighted by atomic mass is 19.1. The number of nitrogens with zero attached hydrogens (tertiary/aromatic N) is 1. The van der Waals surface area contributed by atoms with Crippen LogP contribution in [0, 0.1) is 5.82 Å². The third kappa shape index (κ3) is 4.58. The molecule has 5 heteroatoms. The molecular formula is C16H13FN2O2. The minimum atomic E-state index is -0.668. The molecule has 0 fully saturated rings. The third-order valence-electron chi connectivity index (χ3n) is 2.59. The monoisotopic (exact) mass is 284 g/mol. The van der Waals surface area contributed by atoms with Crippen molar-refractivity contribution in [2.75, 3.05) is 0 Å². The fourth-order valence-electron chi connectivity index (χ4n) is 1.52. The van der Waals surface area contributed by atoms with E-state index in [4.69, 9.17) is 5.73 Å². The van der Waals surface area contributed by atoms with Crippen LogP contribution in [0.3, 0.4) is 0 Å². The van der Waals surface area contributed by atoms with Gasteiger partial charge in [0.1, 0.15) is 5.82 Å². The second-order valence-electron chi connectivity index (χ2n) is 4.14. The van der Waals surface area contributed by atoms with Crippen LogP contribution < -0.4 is 5.73 Å². The number of nitrogens with two attached hydrogens (primary N) is 1. The summed E-state index contributed by atoms with van der Waals surface area (Å²) in [6.45, 7) is 0. The number of rotatable bonds is 4. The van der Waals surface area contributed by atoms with Crippen LogP contribution >= 0.6 is 0 Å². The van der Waals surface area contributed by atoms with Gasteiger partial charge in [0.25, 0.3) is 0 Å². The molecule has 0 bridgehead atoms. The first-order chi connectivity index (χ1) is 10.1. The number of carbonyl (C=O) groups excluding carboxylic acids is 1. The molecule has 2 aromatic carbocycles. The van der Waals surface area contributed by atoms with Crippen molar-refractivity contribution in [1.82, 2.24) is 0 Å². The van der Waals surface area contributed by atoms with Crippen LogP contribution in [0.5, 0.6) is 0 Å². The normalized spacial score (nSPS) is 11.6. The molecule has 4 nitrogen and oxygen atoms in total. The van der Waals surface area contributed by atoms with Gasteiger partial charge in [-0.3, -0.25) is 0 Å². The standard InChI is InChI=1S/C16H13FN2O2/c17-14-9-6-12(7-10-14)8-11-15(20)21-19-16(18)13-4-2-1-3-5-13/h1-11H,(H2,18,19)/b11-8+. The number of benzene rings is 2. The lowest BCUT2D eigenvalue weighted by atomic mass is 10.2. The Kier molecular flexibility index (Phi) is 4.82. The van der Waals surface area contributed by atoms with E-state index in [-0.39, 0.29) is 11.7 Å². The number of carbonyl (C=O) groups is 1. The smallest absolute Gasteiger partial charge is 0.358 e. The minimum absolute atomic E-state index is 0.110. The Labute approximate surface area is 121 Å². The van der Waals surface area contributed by atoms with Crippen LogP contribution in [0.15, 0.2) is 65.8 Å². The molecular weight excluding hydrogens is 271 g/mol. The number of oxime groups is 1. The van der Waals surface area contributed by atoms with Crippen molar-refractivity contribution in [1.29, 1.82) is 0 Å². The van der Waals surface area contributed by atoms with Crippen LogP contribution in [-0.2, 0) is 9.63 Å². The fourth-order valence-corrected chi connectivity index (χ4v) is 1.52. The summed E-state index contributed by atoms with van der Waals surface area (Å²) in [6.07, 6.45) is 2.69. The predicted octanol–water partition coefficient (Wildman–Crippen LogP) is 2.70. The lowest BCUT2D eigenvalue weighted by Gasteiger charge is -1.98. The predicted molar refractivity (Wildman–Crippen MR) is 78.7 cm³/mol. The first kappa shape index (κ1) is 14.5. The molecule has 0 amide bonds. The summed E-state index contributed by atoms with van der Waals surface area (Å²) >= 11 is 0. The second kappa shape index (κ2) is 7.00. The van der Waals surface area contributed by atoms with Crippen molar-refractivity contribution in [2.45, 2.75) is 0 Å². The summed E-state index contributed by atoms with van der Waals surface area (Å²) in [5.74, 6) is -0.896. The molecule has 0 aliphatic rings. The van der Waals surface area contributed by atoms with Gasteiger partial charge in [0.2, 0.25) is 0 Å². The molecule has 0 atom stereocenters. The van der Waals surface area contributed by atoms with E-state index in [0.29, 0.717) is 11.1 Å². The summed E-state index contributed by atoms with van der Waals surface area (Å²) in [4.78, 5) is 16.1. The first-order valence-corrected chi connectivity index (χ1v) is 6.18. The zero-order valence-corrected chi connectivity index (χ0v) is 11.1. The molecule has 106 valence electrons. The summed E-state index contributed by atoms with van der Waals surface area (Å²) < 4.78 is 12.7. The molecule has 2 aromatic rings. The number of hydrogen-bond acceptors (Lipinski definition) is 3. The van der Waals surface area contributed by atoms with Crippen molar-refractivity contribution in [3.05, 3.63) is 77.6 Å². The summed E-state index contributed by atoms with van der Waals surface area (Å²) in [5, 5.41) is 3.55. The molecule has 2 N–H and O–H groups in total. The molecule has 0 spiro atoms. The molecule has 0 saturated carbocycles. The van der Waals surface area contributed by atoms with E-state index in [2.05, 4.69) is 9.99 Å². The molecule has 0 saturated heterocycles. The molecule has 0 heterocycles. The number of amidine groups is 1. The molecule has 0 unspecified atom stereocenters. The number of halogens is 1. The fraction of sp³-hybridized carbons (Fsp3) is 0. The van der Waals surface area contributed by atoms with Gasteiger partial charge in [-0.15, -0.1) is 0 Å². The third-order valence-corrected chi connectivity index (χ3v) is 2.59. The molecule has 21 heavy (non-hydrogen) atoms. The SMILES string of the molecule is N/C(=N\OC(=O)/C=C/c1ccc(F)cc1)c1ccccc1. The van der Waals surface area contributed by atoms with Gasteiger partial charge in [0.05, 0.1) is 0 Å². The van der Waals surface area contributed by atoms with E-state index in [1.807, 2.05) is 6.07 Å². The van der Waals surface area contributed by atoms with Gasteiger partial charge in [-0.1, -0.05) is 47.6 Å². The van der Waals surface area contributed by atoms with E-state index in [1.165, 1.54) is 24.3 Å². The highest BCUT2D eigenvalue weighted by Gasteiger charge is 2.00. The van der Waals surface area contributed by atoms with Crippen molar-refractivity contribution < 1.29 is 14.0 Å². The van der Waals surface area contributed by atoms with E-state index >= 15 is 0 Å². The van der Waals surface area contributed by atoms with E-state index in [1.54, 1.807) is 36.4 Å². The lowest BCUT2D eigenvalue weighted by molar-refractivity contribution is -0.137. The van der Waals surface area contributed by atoms with Gasteiger partial charge in [0, 0.05) is 11.6 Å². The Morgan fingerprint density at radius 3 is 2.43 bits per heavy atom. The zero-order valence-electron chi connectivity index (χ0n) is 11.1. The summed E-state index contributed by atoms with van der Waals surface area (Å²) in [7, 11) is 0. The number of hydrogen-bond donors (Lipinski definition) is 1.